The number of Topliss-reactive ketones (excluding diaryl/α,β-unsaturated/α-hetero) is 1. The Morgan fingerprint density at radius 1 is 1.00 bits per heavy atom. The van der Waals surface area contributed by atoms with Gasteiger partial charge in [0, 0.05) is 11.3 Å². The van der Waals surface area contributed by atoms with Gasteiger partial charge in [0.1, 0.15) is 11.5 Å². The third kappa shape index (κ3) is 5.30. The number of hydrogen-bond donors (Lipinski definition) is 1. The van der Waals surface area contributed by atoms with Gasteiger partial charge in [-0.3, -0.25) is 14.5 Å². The van der Waals surface area contributed by atoms with Crippen LogP contribution in [-0.4, -0.2) is 36.5 Å². The number of rotatable bonds is 6. The number of nitrogens with zero attached hydrogens (tertiary/aromatic N) is 1. The summed E-state index contributed by atoms with van der Waals surface area (Å²) in [6.07, 6.45) is 0. The van der Waals surface area contributed by atoms with E-state index in [1.54, 1.807) is 56.5 Å². The summed E-state index contributed by atoms with van der Waals surface area (Å²) in [7, 11) is 1.55. The van der Waals surface area contributed by atoms with Gasteiger partial charge >= 0.3 is 5.97 Å². The quantitative estimate of drug-likeness (QED) is 0.180. The predicted molar refractivity (Wildman–Crippen MR) is 150 cm³/mol. The molecule has 0 aromatic heterocycles. The first-order chi connectivity index (χ1) is 18.5. The highest BCUT2D eigenvalue weighted by atomic mass is 16.5. The van der Waals surface area contributed by atoms with Crippen molar-refractivity contribution in [3.8, 4) is 5.75 Å². The van der Waals surface area contributed by atoms with Crippen LogP contribution in [0.15, 0.2) is 72.3 Å². The lowest BCUT2D eigenvalue weighted by molar-refractivity contribution is -0.132. The Hall–Kier alpha value is -4.39. The minimum absolute atomic E-state index is 0.0270. The van der Waals surface area contributed by atoms with Crippen LogP contribution in [0.5, 0.6) is 5.75 Å². The van der Waals surface area contributed by atoms with Gasteiger partial charge < -0.3 is 14.6 Å². The molecule has 0 bridgehead atoms. The number of esters is 1. The summed E-state index contributed by atoms with van der Waals surface area (Å²) in [4.78, 5) is 40.9. The maximum atomic E-state index is 13.6. The number of carbonyl (C=O) groups excluding carboxylic acids is 3. The first-order valence-corrected chi connectivity index (χ1v) is 12.8. The van der Waals surface area contributed by atoms with Crippen LogP contribution in [0, 0.1) is 6.92 Å². The van der Waals surface area contributed by atoms with Gasteiger partial charge in [-0.1, -0.05) is 51.1 Å². The van der Waals surface area contributed by atoms with Crippen molar-refractivity contribution in [2.75, 3.05) is 18.6 Å². The zero-order chi connectivity index (χ0) is 28.5. The number of aryl methyl sites for hydroxylation is 1. The Labute approximate surface area is 228 Å². The molecule has 1 atom stereocenters. The van der Waals surface area contributed by atoms with Gasteiger partial charge in [-0.15, -0.1) is 0 Å². The fourth-order valence-corrected chi connectivity index (χ4v) is 4.69. The molecule has 1 amide bonds. The predicted octanol–water partition coefficient (Wildman–Crippen LogP) is 6.10. The lowest BCUT2D eigenvalue weighted by atomic mass is 9.84. The van der Waals surface area contributed by atoms with Crippen LogP contribution in [0.3, 0.4) is 0 Å². The first-order valence-electron chi connectivity index (χ1n) is 12.8. The van der Waals surface area contributed by atoms with Crippen LogP contribution in [0.2, 0.25) is 0 Å². The van der Waals surface area contributed by atoms with Gasteiger partial charge in [0.15, 0.2) is 0 Å². The van der Waals surface area contributed by atoms with Gasteiger partial charge in [0.05, 0.1) is 30.9 Å². The molecule has 4 rings (SSSR count). The van der Waals surface area contributed by atoms with Gasteiger partial charge in [0.2, 0.25) is 0 Å². The highest BCUT2D eigenvalue weighted by molar-refractivity contribution is 6.51. The fraction of sp³-hybridized carbons (Fsp3) is 0.281. The largest absolute Gasteiger partial charge is 0.507 e. The van der Waals surface area contributed by atoms with Crippen LogP contribution >= 0.6 is 0 Å². The highest BCUT2D eigenvalue weighted by Crippen LogP contribution is 2.43. The van der Waals surface area contributed by atoms with Crippen LogP contribution in [0.4, 0.5) is 5.69 Å². The van der Waals surface area contributed by atoms with E-state index in [9.17, 15) is 19.5 Å². The molecule has 7 heteroatoms. The second-order valence-corrected chi connectivity index (χ2v) is 10.5. The van der Waals surface area contributed by atoms with Gasteiger partial charge in [-0.25, -0.2) is 4.79 Å². The Kier molecular flexibility index (Phi) is 7.63. The van der Waals surface area contributed by atoms with E-state index in [4.69, 9.17) is 9.47 Å². The topological polar surface area (TPSA) is 93.1 Å². The molecular weight excluding hydrogens is 494 g/mol. The lowest BCUT2D eigenvalue weighted by Crippen LogP contribution is -2.29. The molecule has 1 aliphatic heterocycles. The van der Waals surface area contributed by atoms with E-state index < -0.39 is 23.7 Å². The fourth-order valence-electron chi connectivity index (χ4n) is 4.69. The van der Waals surface area contributed by atoms with Crippen molar-refractivity contribution in [2.24, 2.45) is 0 Å². The van der Waals surface area contributed by atoms with Crippen molar-refractivity contribution in [1.82, 2.24) is 0 Å². The van der Waals surface area contributed by atoms with E-state index in [-0.39, 0.29) is 28.9 Å². The number of aliphatic hydroxyl groups is 1. The Morgan fingerprint density at radius 3 is 2.31 bits per heavy atom. The van der Waals surface area contributed by atoms with E-state index in [0.717, 1.165) is 11.1 Å². The minimum Gasteiger partial charge on any atom is -0.507 e. The number of amides is 1. The number of ether oxygens (including phenoxy) is 2. The Bertz CT molecular complexity index is 1460. The molecule has 3 aromatic carbocycles. The third-order valence-corrected chi connectivity index (χ3v) is 6.87. The van der Waals surface area contributed by atoms with Crippen molar-refractivity contribution in [1.29, 1.82) is 0 Å². The van der Waals surface area contributed by atoms with Crippen molar-refractivity contribution < 1.29 is 29.0 Å². The monoisotopic (exact) mass is 527 g/mol. The molecule has 7 nitrogen and oxygen atoms in total. The van der Waals surface area contributed by atoms with E-state index in [1.807, 2.05) is 25.1 Å². The van der Waals surface area contributed by atoms with Crippen LogP contribution in [0.25, 0.3) is 5.76 Å². The first kappa shape index (κ1) is 27.6. The minimum atomic E-state index is -0.939. The van der Waals surface area contributed by atoms with E-state index in [2.05, 4.69) is 20.8 Å². The molecule has 0 radical (unpaired) electrons. The molecule has 39 heavy (non-hydrogen) atoms. The Balaban J connectivity index is 1.95. The molecule has 0 saturated carbocycles. The molecule has 1 N–H and O–H groups in total. The molecule has 1 fully saturated rings. The van der Waals surface area contributed by atoms with E-state index in [1.165, 1.54) is 11.0 Å². The van der Waals surface area contributed by atoms with Crippen LogP contribution in [-0.2, 0) is 19.7 Å². The average Bonchev–Trinajstić information content (AvgIpc) is 3.18. The third-order valence-electron chi connectivity index (χ3n) is 6.87. The zero-order valence-corrected chi connectivity index (χ0v) is 23.1. The van der Waals surface area contributed by atoms with Gasteiger partial charge in [-0.05, 0) is 72.4 Å². The lowest BCUT2D eigenvalue weighted by Gasteiger charge is -2.26. The molecular formula is C32H33NO6. The number of methoxy groups -OCH3 is 1. The standard InChI is InChI=1S/C32H33NO6/c1-7-39-31(37)21-9-8-10-23(17-21)33-27(20-12-15-24(38-6)16-13-20)26(29(35)30(33)36)28(34)25-18-22(32(3,4)5)14-11-19(25)2/h8-18,27,34H,7H2,1-6H3/b28-26+. The number of hydrogen-bond acceptors (Lipinski definition) is 6. The summed E-state index contributed by atoms with van der Waals surface area (Å²) in [5, 5.41) is 11.7. The molecule has 1 saturated heterocycles. The molecule has 0 spiro atoms. The summed E-state index contributed by atoms with van der Waals surface area (Å²) in [6.45, 7) is 9.95. The number of ketones is 1. The summed E-state index contributed by atoms with van der Waals surface area (Å²) < 4.78 is 10.4. The summed E-state index contributed by atoms with van der Waals surface area (Å²) >= 11 is 0. The summed E-state index contributed by atoms with van der Waals surface area (Å²) in [5.74, 6) is -1.79. The smallest absolute Gasteiger partial charge is 0.338 e. The SMILES string of the molecule is CCOC(=O)c1cccc(N2C(=O)C(=O)/C(=C(/O)c3cc(C(C)(C)C)ccc3C)C2c2ccc(OC)cc2)c1. The van der Waals surface area contributed by atoms with Crippen molar-refractivity contribution in [3.05, 3.63) is 100 Å². The second-order valence-electron chi connectivity index (χ2n) is 10.5. The molecule has 1 unspecified atom stereocenters. The molecule has 0 aliphatic carbocycles. The highest BCUT2D eigenvalue weighted by Gasteiger charge is 2.47. The van der Waals surface area contributed by atoms with Crippen LogP contribution < -0.4 is 9.64 Å². The molecule has 1 aliphatic rings. The Morgan fingerprint density at radius 2 is 1.69 bits per heavy atom. The zero-order valence-electron chi connectivity index (χ0n) is 23.1. The summed E-state index contributed by atoms with van der Waals surface area (Å²) in [5.41, 5.74) is 3.19. The maximum absolute atomic E-state index is 13.6. The number of aliphatic hydroxyl groups excluding tert-OH is 1. The number of carbonyl (C=O) groups is 3. The van der Waals surface area contributed by atoms with E-state index >= 15 is 0 Å². The van der Waals surface area contributed by atoms with Crippen molar-refractivity contribution in [3.63, 3.8) is 0 Å². The number of benzene rings is 3. The maximum Gasteiger partial charge on any atom is 0.338 e. The van der Waals surface area contributed by atoms with Crippen molar-refractivity contribution in [2.45, 2.75) is 46.1 Å². The normalized spacial score (nSPS) is 16.9. The van der Waals surface area contributed by atoms with Crippen molar-refractivity contribution >= 4 is 29.1 Å². The van der Waals surface area contributed by atoms with Gasteiger partial charge in [0.25, 0.3) is 11.7 Å². The second kappa shape index (κ2) is 10.8. The summed E-state index contributed by atoms with van der Waals surface area (Å²) in [6, 6.07) is 18.2. The van der Waals surface area contributed by atoms with E-state index in [0.29, 0.717) is 22.6 Å². The molecule has 202 valence electrons. The average molecular weight is 528 g/mol. The van der Waals surface area contributed by atoms with Crippen LogP contribution in [0.1, 0.15) is 66.3 Å². The number of anilines is 1. The van der Waals surface area contributed by atoms with Gasteiger partial charge in [-0.2, -0.15) is 0 Å². The molecule has 3 aromatic rings. The molecule has 1 heterocycles.